The van der Waals surface area contributed by atoms with Crippen LogP contribution in [-0.2, 0) is 11.3 Å². The molecule has 0 aromatic heterocycles. The highest BCUT2D eigenvalue weighted by Gasteiger charge is 2.20. The molecule has 1 N–H and O–H groups in total. The number of ether oxygens (including phenoxy) is 2. The third-order valence-electron chi connectivity index (χ3n) is 5.65. The number of halogens is 1. The van der Waals surface area contributed by atoms with Crippen LogP contribution in [0.3, 0.4) is 0 Å². The van der Waals surface area contributed by atoms with Gasteiger partial charge in [0, 0.05) is 42.7 Å². The lowest BCUT2D eigenvalue weighted by molar-refractivity contribution is -0.122. The largest absolute Gasteiger partial charge is 0.493 e. The van der Waals surface area contributed by atoms with Gasteiger partial charge < -0.3 is 14.8 Å². The number of ketones is 1. The van der Waals surface area contributed by atoms with Crippen molar-refractivity contribution in [1.82, 2.24) is 10.2 Å². The van der Waals surface area contributed by atoms with Gasteiger partial charge in [0.25, 0.3) is 0 Å². The zero-order valence-corrected chi connectivity index (χ0v) is 19.5. The van der Waals surface area contributed by atoms with Crippen molar-refractivity contribution in [3.05, 3.63) is 58.6 Å². The molecule has 1 amide bonds. The molecule has 0 unspecified atom stereocenters. The first-order chi connectivity index (χ1) is 15.4. The van der Waals surface area contributed by atoms with Gasteiger partial charge in [-0.3, -0.25) is 14.5 Å². The van der Waals surface area contributed by atoms with Crippen LogP contribution in [0.25, 0.3) is 0 Å². The lowest BCUT2D eigenvalue weighted by Gasteiger charge is -2.32. The predicted molar refractivity (Wildman–Crippen MR) is 126 cm³/mol. The van der Waals surface area contributed by atoms with E-state index in [1.165, 1.54) is 12.5 Å². The number of likely N-dealkylation sites (tertiary alicyclic amines) is 1. The van der Waals surface area contributed by atoms with E-state index in [9.17, 15) is 9.59 Å². The van der Waals surface area contributed by atoms with E-state index in [-0.39, 0.29) is 17.7 Å². The Bertz CT molecular complexity index is 909. The fraction of sp³-hybridized carbons (Fsp3) is 0.440. The van der Waals surface area contributed by atoms with Crippen LogP contribution >= 0.6 is 11.6 Å². The molecule has 1 heterocycles. The Morgan fingerprint density at radius 1 is 1.09 bits per heavy atom. The fourth-order valence-corrected chi connectivity index (χ4v) is 3.93. The van der Waals surface area contributed by atoms with Crippen LogP contribution < -0.4 is 14.8 Å². The van der Waals surface area contributed by atoms with Crippen molar-refractivity contribution in [2.24, 2.45) is 0 Å². The summed E-state index contributed by atoms with van der Waals surface area (Å²) in [6.45, 7) is 4.76. The first kappa shape index (κ1) is 24.1. The maximum Gasteiger partial charge on any atom is 0.220 e. The molecule has 3 rings (SSSR count). The number of Topliss-reactive ketones (excluding diaryl/α,β-unsaturated/α-hetero) is 1. The molecule has 2 aromatic carbocycles. The standard InChI is InChI=1S/C25H31ClN2O4/c1-18(29)20-7-10-23(24(16-20)31-2)32-15-3-4-25(30)27-22-11-13-28(14-12-22)17-19-5-8-21(26)9-6-19/h5-10,16,22H,3-4,11-15,17H2,1-2H3,(H,27,30). The number of carbonyl (C=O) groups excluding carboxylic acids is 2. The van der Waals surface area contributed by atoms with E-state index in [1.807, 2.05) is 12.1 Å². The molecule has 0 radical (unpaired) electrons. The molecule has 0 spiro atoms. The Morgan fingerprint density at radius 3 is 2.47 bits per heavy atom. The lowest BCUT2D eigenvalue weighted by Crippen LogP contribution is -2.44. The van der Waals surface area contributed by atoms with Gasteiger partial charge in [0.15, 0.2) is 17.3 Å². The summed E-state index contributed by atoms with van der Waals surface area (Å²) in [5.41, 5.74) is 1.83. The molecule has 1 fully saturated rings. The maximum atomic E-state index is 12.3. The van der Waals surface area contributed by atoms with E-state index in [2.05, 4.69) is 22.3 Å². The number of amides is 1. The molecule has 1 saturated heterocycles. The van der Waals surface area contributed by atoms with Crippen LogP contribution in [-0.4, -0.2) is 49.4 Å². The maximum absolute atomic E-state index is 12.3. The molecule has 0 aliphatic carbocycles. The first-order valence-corrected chi connectivity index (χ1v) is 11.4. The Kier molecular flexibility index (Phi) is 8.94. The van der Waals surface area contributed by atoms with Gasteiger partial charge in [0.2, 0.25) is 5.91 Å². The number of nitrogens with zero attached hydrogens (tertiary/aromatic N) is 1. The number of rotatable bonds is 10. The van der Waals surface area contributed by atoms with Crippen LogP contribution in [0.2, 0.25) is 5.02 Å². The van der Waals surface area contributed by atoms with Crippen molar-refractivity contribution in [3.63, 3.8) is 0 Å². The minimum absolute atomic E-state index is 0.0256. The average Bonchev–Trinajstić information content (AvgIpc) is 2.79. The van der Waals surface area contributed by atoms with Gasteiger partial charge in [0.1, 0.15) is 0 Å². The molecule has 0 atom stereocenters. The summed E-state index contributed by atoms with van der Waals surface area (Å²) in [5, 5.41) is 3.91. The van der Waals surface area contributed by atoms with Gasteiger partial charge in [0.05, 0.1) is 13.7 Å². The number of nitrogens with one attached hydrogen (secondary N) is 1. The Balaban J connectivity index is 1.33. The van der Waals surface area contributed by atoms with E-state index in [1.54, 1.807) is 25.3 Å². The van der Waals surface area contributed by atoms with Gasteiger partial charge in [-0.05, 0) is 62.1 Å². The Morgan fingerprint density at radius 2 is 1.81 bits per heavy atom. The molecular formula is C25H31ClN2O4. The van der Waals surface area contributed by atoms with Crippen molar-refractivity contribution in [3.8, 4) is 11.5 Å². The second-order valence-corrected chi connectivity index (χ2v) is 8.55. The zero-order chi connectivity index (χ0) is 22.9. The van der Waals surface area contributed by atoms with Crippen molar-refractivity contribution in [2.75, 3.05) is 26.8 Å². The number of hydrogen-bond donors (Lipinski definition) is 1. The lowest BCUT2D eigenvalue weighted by atomic mass is 10.0. The van der Waals surface area contributed by atoms with Crippen LogP contribution in [0.4, 0.5) is 0 Å². The third kappa shape index (κ3) is 7.24. The third-order valence-corrected chi connectivity index (χ3v) is 5.90. The van der Waals surface area contributed by atoms with Gasteiger partial charge >= 0.3 is 0 Å². The zero-order valence-electron chi connectivity index (χ0n) is 18.7. The van der Waals surface area contributed by atoms with Gasteiger partial charge in [-0.1, -0.05) is 23.7 Å². The number of carbonyl (C=O) groups is 2. The van der Waals surface area contributed by atoms with E-state index in [0.717, 1.165) is 37.5 Å². The van der Waals surface area contributed by atoms with E-state index >= 15 is 0 Å². The molecule has 6 nitrogen and oxygen atoms in total. The summed E-state index contributed by atoms with van der Waals surface area (Å²) in [6, 6.07) is 13.3. The van der Waals surface area contributed by atoms with E-state index < -0.39 is 0 Å². The molecular weight excluding hydrogens is 428 g/mol. The summed E-state index contributed by atoms with van der Waals surface area (Å²) in [5.74, 6) is 1.13. The average molecular weight is 459 g/mol. The summed E-state index contributed by atoms with van der Waals surface area (Å²) in [4.78, 5) is 26.2. The highest BCUT2D eigenvalue weighted by molar-refractivity contribution is 6.30. The topological polar surface area (TPSA) is 67.9 Å². The van der Waals surface area contributed by atoms with Gasteiger partial charge in [-0.2, -0.15) is 0 Å². The molecule has 0 bridgehead atoms. The first-order valence-electron chi connectivity index (χ1n) is 11.0. The molecule has 32 heavy (non-hydrogen) atoms. The highest BCUT2D eigenvalue weighted by atomic mass is 35.5. The number of methoxy groups -OCH3 is 1. The molecule has 1 aliphatic rings. The quantitative estimate of drug-likeness (QED) is 0.419. The molecule has 2 aromatic rings. The van der Waals surface area contributed by atoms with Gasteiger partial charge in [-0.15, -0.1) is 0 Å². The minimum Gasteiger partial charge on any atom is -0.493 e. The number of hydrogen-bond acceptors (Lipinski definition) is 5. The Hall–Kier alpha value is -2.57. The minimum atomic E-state index is -0.0256. The number of piperidine rings is 1. The molecule has 7 heteroatoms. The number of benzene rings is 2. The van der Waals surface area contributed by atoms with Crippen molar-refractivity contribution >= 4 is 23.3 Å². The Labute approximate surface area is 194 Å². The highest BCUT2D eigenvalue weighted by Crippen LogP contribution is 2.28. The van der Waals surface area contributed by atoms with Crippen LogP contribution in [0, 0.1) is 0 Å². The summed E-state index contributed by atoms with van der Waals surface area (Å²) in [7, 11) is 1.54. The second kappa shape index (κ2) is 11.9. The summed E-state index contributed by atoms with van der Waals surface area (Å²) >= 11 is 5.95. The van der Waals surface area contributed by atoms with Crippen LogP contribution in [0.15, 0.2) is 42.5 Å². The van der Waals surface area contributed by atoms with Crippen molar-refractivity contribution < 1.29 is 19.1 Å². The molecule has 1 aliphatic heterocycles. The molecule has 0 saturated carbocycles. The fourth-order valence-electron chi connectivity index (χ4n) is 3.80. The second-order valence-electron chi connectivity index (χ2n) is 8.12. The molecule has 172 valence electrons. The van der Waals surface area contributed by atoms with Gasteiger partial charge in [-0.25, -0.2) is 0 Å². The van der Waals surface area contributed by atoms with E-state index in [4.69, 9.17) is 21.1 Å². The normalized spacial score (nSPS) is 14.7. The smallest absolute Gasteiger partial charge is 0.220 e. The summed E-state index contributed by atoms with van der Waals surface area (Å²) < 4.78 is 11.0. The summed E-state index contributed by atoms with van der Waals surface area (Å²) in [6.07, 6.45) is 2.93. The van der Waals surface area contributed by atoms with Crippen molar-refractivity contribution in [2.45, 2.75) is 45.2 Å². The monoisotopic (exact) mass is 458 g/mol. The van der Waals surface area contributed by atoms with Crippen molar-refractivity contribution in [1.29, 1.82) is 0 Å². The predicted octanol–water partition coefficient (Wildman–Crippen LogP) is 4.49. The van der Waals surface area contributed by atoms with Crippen LogP contribution in [0.5, 0.6) is 11.5 Å². The van der Waals surface area contributed by atoms with Crippen LogP contribution in [0.1, 0.15) is 48.5 Å². The SMILES string of the molecule is COc1cc(C(C)=O)ccc1OCCCC(=O)NC1CCN(Cc2ccc(Cl)cc2)CC1. The van der Waals surface area contributed by atoms with E-state index in [0.29, 0.717) is 36.5 Å².